The van der Waals surface area contributed by atoms with Crippen LogP contribution in [0.15, 0.2) is 18.2 Å². The Morgan fingerprint density at radius 3 is 2.32 bits per heavy atom. The SMILES string of the molecule is C[C@H](c1ccc(Cl)c(Cl)c1)[C@@H](OS(C)(=O)=O)C(=O)O. The number of rotatable bonds is 5. The standard InChI is InChI=1S/C11H12Cl2O5S/c1-6(7-3-4-8(12)9(13)5-7)10(11(14)15)18-19(2,16)17/h3-6,10H,1-2H3,(H,14,15)/t6-,10-/m1/s1. The van der Waals surface area contributed by atoms with Gasteiger partial charge >= 0.3 is 5.97 Å². The zero-order valence-corrected chi connectivity index (χ0v) is 12.5. The molecule has 0 heterocycles. The molecule has 19 heavy (non-hydrogen) atoms. The summed E-state index contributed by atoms with van der Waals surface area (Å²) < 4.78 is 26.7. The number of halogens is 2. The molecular weight excluding hydrogens is 315 g/mol. The van der Waals surface area contributed by atoms with E-state index >= 15 is 0 Å². The van der Waals surface area contributed by atoms with E-state index in [1.165, 1.54) is 19.1 Å². The van der Waals surface area contributed by atoms with Crippen molar-refractivity contribution in [3.05, 3.63) is 33.8 Å². The minimum atomic E-state index is -3.88. The normalized spacial score (nSPS) is 14.9. The average molecular weight is 327 g/mol. The van der Waals surface area contributed by atoms with Gasteiger partial charge in [0.1, 0.15) is 0 Å². The first kappa shape index (κ1) is 16.2. The molecule has 106 valence electrons. The van der Waals surface area contributed by atoms with Gasteiger partial charge in [0.15, 0.2) is 6.10 Å². The van der Waals surface area contributed by atoms with Crippen LogP contribution < -0.4 is 0 Å². The topological polar surface area (TPSA) is 80.7 Å². The van der Waals surface area contributed by atoms with Crippen LogP contribution >= 0.6 is 23.2 Å². The van der Waals surface area contributed by atoms with Crippen LogP contribution in [0.5, 0.6) is 0 Å². The lowest BCUT2D eigenvalue weighted by Gasteiger charge is -2.20. The summed E-state index contributed by atoms with van der Waals surface area (Å²) in [5.41, 5.74) is 0.519. The van der Waals surface area contributed by atoms with E-state index < -0.39 is 28.1 Å². The van der Waals surface area contributed by atoms with Crippen molar-refractivity contribution in [2.45, 2.75) is 18.9 Å². The van der Waals surface area contributed by atoms with Crippen LogP contribution in [0, 0.1) is 0 Å². The molecule has 0 saturated heterocycles. The van der Waals surface area contributed by atoms with Crippen LogP contribution in [0.3, 0.4) is 0 Å². The van der Waals surface area contributed by atoms with E-state index in [1.807, 2.05) is 0 Å². The summed E-state index contributed by atoms with van der Waals surface area (Å²) in [4.78, 5) is 11.1. The summed E-state index contributed by atoms with van der Waals surface area (Å²) in [6, 6.07) is 4.56. The van der Waals surface area contributed by atoms with E-state index in [4.69, 9.17) is 28.3 Å². The lowest BCUT2D eigenvalue weighted by molar-refractivity contribution is -0.145. The number of hydrogen-bond donors (Lipinski definition) is 1. The van der Waals surface area contributed by atoms with Crippen molar-refractivity contribution in [1.82, 2.24) is 0 Å². The third-order valence-corrected chi connectivity index (χ3v) is 3.74. The second-order valence-electron chi connectivity index (χ2n) is 4.02. The largest absolute Gasteiger partial charge is 0.479 e. The van der Waals surface area contributed by atoms with Gasteiger partial charge in [0.05, 0.1) is 16.3 Å². The Labute approximate surface area is 121 Å². The molecule has 0 aliphatic carbocycles. The van der Waals surface area contributed by atoms with Crippen molar-refractivity contribution in [3.8, 4) is 0 Å². The fraction of sp³-hybridized carbons (Fsp3) is 0.364. The number of carboxylic acids is 1. The maximum atomic E-state index is 11.1. The van der Waals surface area contributed by atoms with Gasteiger partial charge in [-0.25, -0.2) is 4.79 Å². The van der Waals surface area contributed by atoms with E-state index in [-0.39, 0.29) is 5.02 Å². The molecule has 1 aromatic carbocycles. The zero-order valence-electron chi connectivity index (χ0n) is 10.1. The fourth-order valence-electron chi connectivity index (χ4n) is 1.50. The summed E-state index contributed by atoms with van der Waals surface area (Å²) in [7, 11) is -3.88. The van der Waals surface area contributed by atoms with Gasteiger partial charge in [-0.3, -0.25) is 4.18 Å². The highest BCUT2D eigenvalue weighted by Gasteiger charge is 2.30. The van der Waals surface area contributed by atoms with Gasteiger partial charge in [-0.15, -0.1) is 0 Å². The van der Waals surface area contributed by atoms with E-state index in [2.05, 4.69) is 4.18 Å². The second kappa shape index (κ2) is 6.09. The van der Waals surface area contributed by atoms with Gasteiger partial charge < -0.3 is 5.11 Å². The quantitative estimate of drug-likeness (QED) is 0.841. The number of aliphatic carboxylic acids is 1. The van der Waals surface area contributed by atoms with Gasteiger partial charge in [-0.05, 0) is 17.7 Å². The van der Waals surface area contributed by atoms with Gasteiger partial charge in [0, 0.05) is 5.92 Å². The molecule has 0 bridgehead atoms. The molecule has 0 aliphatic heterocycles. The van der Waals surface area contributed by atoms with Crippen LogP contribution in [0.2, 0.25) is 10.0 Å². The number of hydrogen-bond acceptors (Lipinski definition) is 4. The highest BCUT2D eigenvalue weighted by atomic mass is 35.5. The Morgan fingerprint density at radius 2 is 1.89 bits per heavy atom. The Morgan fingerprint density at radius 1 is 1.32 bits per heavy atom. The maximum absolute atomic E-state index is 11.1. The number of carbonyl (C=O) groups is 1. The van der Waals surface area contributed by atoms with Crippen LogP contribution in [0.25, 0.3) is 0 Å². The van der Waals surface area contributed by atoms with E-state index in [0.717, 1.165) is 6.26 Å². The Balaban J connectivity index is 3.09. The third kappa shape index (κ3) is 4.65. The molecule has 2 atom stereocenters. The van der Waals surface area contributed by atoms with Crippen LogP contribution in [-0.2, 0) is 19.1 Å². The smallest absolute Gasteiger partial charge is 0.335 e. The summed E-state index contributed by atoms with van der Waals surface area (Å²) in [6.07, 6.45) is -0.725. The molecule has 0 spiro atoms. The van der Waals surface area contributed by atoms with Crippen LogP contribution in [0.4, 0.5) is 0 Å². The highest BCUT2D eigenvalue weighted by molar-refractivity contribution is 7.86. The molecule has 5 nitrogen and oxygen atoms in total. The highest BCUT2D eigenvalue weighted by Crippen LogP contribution is 2.29. The molecule has 0 amide bonds. The molecule has 1 aromatic rings. The monoisotopic (exact) mass is 326 g/mol. The summed E-state index contributed by atoms with van der Waals surface area (Å²) >= 11 is 11.6. The maximum Gasteiger partial charge on any atom is 0.335 e. The van der Waals surface area contributed by atoms with Crippen molar-refractivity contribution < 1.29 is 22.5 Å². The molecule has 0 fully saturated rings. The van der Waals surface area contributed by atoms with Gasteiger partial charge in [-0.1, -0.05) is 36.2 Å². The fourth-order valence-corrected chi connectivity index (χ4v) is 2.43. The van der Waals surface area contributed by atoms with E-state index in [0.29, 0.717) is 10.6 Å². The molecule has 0 aliphatic rings. The Kier molecular flexibility index (Phi) is 5.20. The molecule has 0 saturated carbocycles. The van der Waals surface area contributed by atoms with Crippen molar-refractivity contribution in [1.29, 1.82) is 0 Å². The van der Waals surface area contributed by atoms with Crippen LogP contribution in [-0.4, -0.2) is 31.9 Å². The summed E-state index contributed by atoms with van der Waals surface area (Å²) in [5.74, 6) is -2.08. The Bertz CT molecular complexity index is 585. The minimum absolute atomic E-state index is 0.259. The average Bonchev–Trinajstić information content (AvgIpc) is 2.27. The third-order valence-electron chi connectivity index (χ3n) is 2.45. The predicted molar refractivity (Wildman–Crippen MR) is 72.2 cm³/mol. The molecule has 0 aromatic heterocycles. The number of benzene rings is 1. The summed E-state index contributed by atoms with van der Waals surface area (Å²) in [5, 5.41) is 9.63. The lowest BCUT2D eigenvalue weighted by Crippen LogP contribution is -2.31. The minimum Gasteiger partial charge on any atom is -0.479 e. The van der Waals surface area contributed by atoms with Gasteiger partial charge in [0.2, 0.25) is 0 Å². The molecule has 0 radical (unpaired) electrons. The van der Waals surface area contributed by atoms with Crippen LogP contribution in [0.1, 0.15) is 18.4 Å². The Hall–Kier alpha value is -0.820. The molecule has 1 N–H and O–H groups in total. The van der Waals surface area contributed by atoms with Crippen molar-refractivity contribution in [2.75, 3.05) is 6.26 Å². The summed E-state index contributed by atoms with van der Waals surface area (Å²) in [6.45, 7) is 1.53. The van der Waals surface area contributed by atoms with Crippen molar-refractivity contribution in [2.24, 2.45) is 0 Å². The lowest BCUT2D eigenvalue weighted by atomic mass is 9.95. The van der Waals surface area contributed by atoms with Gasteiger partial charge in [0.25, 0.3) is 10.1 Å². The molecule has 0 unspecified atom stereocenters. The van der Waals surface area contributed by atoms with E-state index in [1.54, 1.807) is 6.07 Å². The molecule has 8 heteroatoms. The van der Waals surface area contributed by atoms with Gasteiger partial charge in [-0.2, -0.15) is 8.42 Å². The van der Waals surface area contributed by atoms with E-state index in [9.17, 15) is 13.2 Å². The number of carboxylic acid groups (broad SMARTS) is 1. The second-order valence-corrected chi connectivity index (χ2v) is 6.44. The first-order valence-electron chi connectivity index (χ1n) is 5.18. The predicted octanol–water partition coefficient (Wildman–Crippen LogP) is 2.53. The molecular formula is C11H12Cl2O5S. The molecule has 1 rings (SSSR count). The zero-order chi connectivity index (χ0) is 14.8. The van der Waals surface area contributed by atoms with Crippen molar-refractivity contribution in [3.63, 3.8) is 0 Å². The van der Waals surface area contributed by atoms with Crippen molar-refractivity contribution >= 4 is 39.3 Å². The first-order chi connectivity index (χ1) is 8.61. The first-order valence-corrected chi connectivity index (χ1v) is 7.75.